The number of aryl methyl sites for hydroxylation is 1. The van der Waals surface area contributed by atoms with Crippen LogP contribution in [0.25, 0.3) is 0 Å². The third-order valence-corrected chi connectivity index (χ3v) is 4.22. The molecule has 1 amide bonds. The lowest BCUT2D eigenvalue weighted by Gasteiger charge is -2.39. The number of ether oxygens (including phenoxy) is 1. The average molecular weight is 333 g/mol. The van der Waals surface area contributed by atoms with Gasteiger partial charge in [0, 0.05) is 29.4 Å². The van der Waals surface area contributed by atoms with Gasteiger partial charge in [0.2, 0.25) is 0 Å². The van der Waals surface area contributed by atoms with Gasteiger partial charge >= 0.3 is 0 Å². The predicted octanol–water partition coefficient (Wildman–Crippen LogP) is 2.25. The van der Waals surface area contributed by atoms with Gasteiger partial charge in [0.1, 0.15) is 11.9 Å². The van der Waals surface area contributed by atoms with Gasteiger partial charge in [-0.15, -0.1) is 0 Å². The number of carbonyl (C=O) groups excluding carboxylic acids is 1. The van der Waals surface area contributed by atoms with Crippen LogP contribution < -0.4 is 10.3 Å². The third kappa shape index (κ3) is 3.24. The standard InChI is InChI=1S/C17H17ClN2O3/c1-11-6-14(8-16(21)19(11)2)23-15-9-20(10-15)17(22)12-4-3-5-13(18)7-12/h3-8,15H,9-10H2,1-2H3. The molecule has 1 aromatic heterocycles. The van der Waals surface area contributed by atoms with Crippen LogP contribution in [0.4, 0.5) is 0 Å². The number of rotatable bonds is 3. The summed E-state index contributed by atoms with van der Waals surface area (Å²) in [6, 6.07) is 10.2. The first kappa shape index (κ1) is 15.6. The Hall–Kier alpha value is -2.27. The molecule has 23 heavy (non-hydrogen) atoms. The lowest BCUT2D eigenvalue weighted by atomic mass is 10.1. The van der Waals surface area contributed by atoms with E-state index in [0.29, 0.717) is 29.4 Å². The summed E-state index contributed by atoms with van der Waals surface area (Å²) in [6.07, 6.45) is -0.0929. The first-order chi connectivity index (χ1) is 10.9. The first-order valence-corrected chi connectivity index (χ1v) is 7.71. The van der Waals surface area contributed by atoms with Crippen molar-refractivity contribution < 1.29 is 9.53 Å². The number of hydrogen-bond acceptors (Lipinski definition) is 3. The number of hydrogen-bond donors (Lipinski definition) is 0. The minimum absolute atomic E-state index is 0.0625. The zero-order valence-corrected chi connectivity index (χ0v) is 13.7. The second-order valence-electron chi connectivity index (χ2n) is 5.69. The van der Waals surface area contributed by atoms with Crippen molar-refractivity contribution in [3.05, 3.63) is 63.0 Å². The van der Waals surface area contributed by atoms with Crippen molar-refractivity contribution in [2.75, 3.05) is 13.1 Å². The van der Waals surface area contributed by atoms with E-state index in [1.54, 1.807) is 40.8 Å². The van der Waals surface area contributed by atoms with Crippen molar-refractivity contribution >= 4 is 17.5 Å². The van der Waals surface area contributed by atoms with E-state index in [0.717, 1.165) is 5.69 Å². The van der Waals surface area contributed by atoms with E-state index in [9.17, 15) is 9.59 Å². The molecule has 1 saturated heterocycles. The molecule has 0 saturated carbocycles. The summed E-state index contributed by atoms with van der Waals surface area (Å²) in [5.41, 5.74) is 1.30. The number of likely N-dealkylation sites (tertiary alicyclic amines) is 1. The van der Waals surface area contributed by atoms with Gasteiger partial charge in [-0.2, -0.15) is 0 Å². The number of nitrogens with zero attached hydrogens (tertiary/aromatic N) is 2. The molecule has 0 unspecified atom stereocenters. The summed E-state index contributed by atoms with van der Waals surface area (Å²) in [6.45, 7) is 2.85. The summed E-state index contributed by atoms with van der Waals surface area (Å²) in [4.78, 5) is 25.7. The second kappa shape index (κ2) is 6.08. The highest BCUT2D eigenvalue weighted by Crippen LogP contribution is 2.20. The molecule has 1 aromatic carbocycles. The predicted molar refractivity (Wildman–Crippen MR) is 88.2 cm³/mol. The minimum atomic E-state index is -0.105. The summed E-state index contributed by atoms with van der Waals surface area (Å²) >= 11 is 5.91. The monoisotopic (exact) mass is 332 g/mol. The van der Waals surface area contributed by atoms with Crippen molar-refractivity contribution in [1.82, 2.24) is 9.47 Å². The van der Waals surface area contributed by atoms with Crippen molar-refractivity contribution in [3.8, 4) is 5.75 Å². The summed E-state index contributed by atoms with van der Waals surface area (Å²) in [5.74, 6) is 0.484. The first-order valence-electron chi connectivity index (χ1n) is 7.33. The van der Waals surface area contributed by atoms with Gasteiger partial charge < -0.3 is 14.2 Å². The number of carbonyl (C=O) groups is 1. The Morgan fingerprint density at radius 2 is 2.00 bits per heavy atom. The molecule has 2 heterocycles. The SMILES string of the molecule is Cc1cc(OC2CN(C(=O)c3cccc(Cl)c3)C2)cc(=O)n1C. The Balaban J connectivity index is 1.61. The maximum atomic E-state index is 12.3. The van der Waals surface area contributed by atoms with Crippen molar-refractivity contribution in [1.29, 1.82) is 0 Å². The van der Waals surface area contributed by atoms with Crippen LogP contribution in [0.2, 0.25) is 5.02 Å². The number of pyridine rings is 1. The molecule has 0 bridgehead atoms. The maximum Gasteiger partial charge on any atom is 0.254 e. The number of halogens is 1. The van der Waals surface area contributed by atoms with Crippen LogP contribution in [0.3, 0.4) is 0 Å². The quantitative estimate of drug-likeness (QED) is 0.866. The Kier molecular flexibility index (Phi) is 4.13. The van der Waals surface area contributed by atoms with E-state index in [1.165, 1.54) is 6.07 Å². The summed E-state index contributed by atoms with van der Waals surface area (Å²) < 4.78 is 7.33. The van der Waals surface area contributed by atoms with E-state index < -0.39 is 0 Å². The molecule has 6 heteroatoms. The molecular weight excluding hydrogens is 316 g/mol. The Morgan fingerprint density at radius 1 is 1.26 bits per heavy atom. The van der Waals surface area contributed by atoms with Gasteiger partial charge in [-0.1, -0.05) is 17.7 Å². The lowest BCUT2D eigenvalue weighted by molar-refractivity contribution is 0.0176. The normalized spacial score (nSPS) is 14.5. The highest BCUT2D eigenvalue weighted by atomic mass is 35.5. The largest absolute Gasteiger partial charge is 0.486 e. The molecule has 0 spiro atoms. The Labute approximate surface area is 139 Å². The van der Waals surface area contributed by atoms with Gasteiger partial charge in [-0.3, -0.25) is 9.59 Å². The van der Waals surface area contributed by atoms with E-state index in [2.05, 4.69) is 0 Å². The fraction of sp³-hybridized carbons (Fsp3) is 0.294. The molecule has 5 nitrogen and oxygen atoms in total. The van der Waals surface area contributed by atoms with Gasteiger partial charge in [0.05, 0.1) is 13.1 Å². The zero-order chi connectivity index (χ0) is 16.6. The van der Waals surface area contributed by atoms with E-state index >= 15 is 0 Å². The molecule has 1 aliphatic heterocycles. The molecule has 2 aromatic rings. The molecule has 0 N–H and O–H groups in total. The molecule has 3 rings (SSSR count). The van der Waals surface area contributed by atoms with E-state index in [4.69, 9.17) is 16.3 Å². The Morgan fingerprint density at radius 3 is 2.65 bits per heavy atom. The van der Waals surface area contributed by atoms with Crippen molar-refractivity contribution in [3.63, 3.8) is 0 Å². The van der Waals surface area contributed by atoms with Crippen LogP contribution >= 0.6 is 11.6 Å². The topological polar surface area (TPSA) is 51.5 Å². The molecule has 0 radical (unpaired) electrons. The van der Waals surface area contributed by atoms with Crippen LogP contribution in [-0.2, 0) is 7.05 Å². The molecule has 120 valence electrons. The van der Waals surface area contributed by atoms with Crippen LogP contribution in [-0.4, -0.2) is 34.6 Å². The summed E-state index contributed by atoms with van der Waals surface area (Å²) in [7, 11) is 1.72. The molecule has 1 aliphatic rings. The van der Waals surface area contributed by atoms with Crippen LogP contribution in [0.5, 0.6) is 5.75 Å². The van der Waals surface area contributed by atoms with Crippen molar-refractivity contribution in [2.45, 2.75) is 13.0 Å². The smallest absolute Gasteiger partial charge is 0.254 e. The van der Waals surface area contributed by atoms with Crippen LogP contribution in [0.15, 0.2) is 41.2 Å². The highest BCUT2D eigenvalue weighted by Gasteiger charge is 2.33. The fourth-order valence-electron chi connectivity index (χ4n) is 2.48. The molecule has 1 fully saturated rings. The van der Waals surface area contributed by atoms with Gasteiger partial charge in [-0.25, -0.2) is 0 Å². The second-order valence-corrected chi connectivity index (χ2v) is 6.13. The van der Waals surface area contributed by atoms with Gasteiger partial charge in [0.25, 0.3) is 11.5 Å². The lowest BCUT2D eigenvalue weighted by Crippen LogP contribution is -2.56. The zero-order valence-electron chi connectivity index (χ0n) is 13.0. The molecular formula is C17H17ClN2O3. The van der Waals surface area contributed by atoms with E-state index in [-0.39, 0.29) is 17.6 Å². The number of aromatic nitrogens is 1. The van der Waals surface area contributed by atoms with Crippen LogP contribution in [0.1, 0.15) is 16.1 Å². The van der Waals surface area contributed by atoms with Gasteiger partial charge in [-0.05, 0) is 31.2 Å². The van der Waals surface area contributed by atoms with Crippen LogP contribution in [0, 0.1) is 6.92 Å². The Bertz CT molecular complexity index is 810. The third-order valence-electron chi connectivity index (χ3n) is 3.99. The average Bonchev–Trinajstić information content (AvgIpc) is 2.47. The maximum absolute atomic E-state index is 12.3. The minimum Gasteiger partial charge on any atom is -0.486 e. The van der Waals surface area contributed by atoms with Crippen molar-refractivity contribution in [2.24, 2.45) is 7.05 Å². The number of benzene rings is 1. The van der Waals surface area contributed by atoms with E-state index in [1.807, 2.05) is 13.0 Å². The molecule has 0 aliphatic carbocycles. The summed E-state index contributed by atoms with van der Waals surface area (Å²) in [5, 5.41) is 0.541. The highest BCUT2D eigenvalue weighted by molar-refractivity contribution is 6.30. The number of amides is 1. The fourth-order valence-corrected chi connectivity index (χ4v) is 2.67. The van der Waals surface area contributed by atoms with Gasteiger partial charge in [0.15, 0.2) is 0 Å². The molecule has 0 atom stereocenters.